The van der Waals surface area contributed by atoms with E-state index in [4.69, 9.17) is 0 Å². The highest BCUT2D eigenvalue weighted by Crippen LogP contribution is 2.12. The first-order valence-electron chi connectivity index (χ1n) is 5.80. The standard InChI is InChI=1S/C12H13N3O4.C2H2/c1-3-8(10(4-2)15(18)19)12(17)14-9-7-13-6-5-11(9)16;1-2/h3-7H,1-2H3,(H,13,16)(H,14,17);1-2H/b8-3+,10-4+;. The van der Waals surface area contributed by atoms with Gasteiger partial charge in [0.2, 0.25) is 5.43 Å². The van der Waals surface area contributed by atoms with Crippen molar-refractivity contribution >= 4 is 11.6 Å². The lowest BCUT2D eigenvalue weighted by molar-refractivity contribution is -0.420. The van der Waals surface area contributed by atoms with Crippen molar-refractivity contribution in [3.63, 3.8) is 0 Å². The van der Waals surface area contributed by atoms with Crippen LogP contribution < -0.4 is 10.7 Å². The minimum atomic E-state index is -0.705. The van der Waals surface area contributed by atoms with Crippen LogP contribution in [0.1, 0.15) is 13.8 Å². The highest BCUT2D eigenvalue weighted by atomic mass is 16.6. The van der Waals surface area contributed by atoms with Crippen LogP contribution in [0.15, 0.2) is 46.7 Å². The van der Waals surface area contributed by atoms with E-state index < -0.39 is 10.8 Å². The van der Waals surface area contributed by atoms with Crippen molar-refractivity contribution in [3.05, 3.63) is 62.2 Å². The number of carbonyl (C=O) groups is 1. The molecule has 0 saturated carbocycles. The van der Waals surface area contributed by atoms with Crippen molar-refractivity contribution in [1.29, 1.82) is 0 Å². The van der Waals surface area contributed by atoms with E-state index in [0.717, 1.165) is 0 Å². The second-order valence-electron chi connectivity index (χ2n) is 3.51. The van der Waals surface area contributed by atoms with E-state index in [1.807, 2.05) is 0 Å². The Hall–Kier alpha value is -3.14. The Balaban J connectivity index is 0.00000191. The number of anilines is 1. The summed E-state index contributed by atoms with van der Waals surface area (Å²) in [5.41, 5.74) is -0.764. The van der Waals surface area contributed by atoms with Crippen molar-refractivity contribution in [1.82, 2.24) is 4.98 Å². The summed E-state index contributed by atoms with van der Waals surface area (Å²) in [6.07, 6.45) is 13.3. The Bertz CT molecular complexity index is 653. The molecule has 7 nitrogen and oxygen atoms in total. The molecule has 1 amide bonds. The molecule has 0 unspecified atom stereocenters. The van der Waals surface area contributed by atoms with E-state index in [1.54, 1.807) is 0 Å². The van der Waals surface area contributed by atoms with Crippen LogP contribution >= 0.6 is 0 Å². The fourth-order valence-electron chi connectivity index (χ4n) is 1.46. The Morgan fingerprint density at radius 1 is 1.38 bits per heavy atom. The van der Waals surface area contributed by atoms with Crippen molar-refractivity contribution in [3.8, 4) is 12.8 Å². The predicted molar refractivity (Wildman–Crippen MR) is 80.1 cm³/mol. The maximum atomic E-state index is 11.9. The molecule has 7 heteroatoms. The molecule has 0 radical (unpaired) electrons. The van der Waals surface area contributed by atoms with E-state index >= 15 is 0 Å². The van der Waals surface area contributed by atoms with Gasteiger partial charge in [-0.1, -0.05) is 6.08 Å². The van der Waals surface area contributed by atoms with Gasteiger partial charge in [0, 0.05) is 18.5 Å². The first-order valence-corrected chi connectivity index (χ1v) is 5.80. The van der Waals surface area contributed by atoms with Crippen LogP contribution in [0.4, 0.5) is 5.69 Å². The van der Waals surface area contributed by atoms with Gasteiger partial charge in [-0.05, 0) is 19.9 Å². The second-order valence-corrected chi connectivity index (χ2v) is 3.51. The molecule has 0 atom stereocenters. The zero-order chi connectivity index (χ0) is 16.4. The molecule has 0 saturated heterocycles. The molecule has 1 aromatic rings. The summed E-state index contributed by atoms with van der Waals surface area (Å²) in [5, 5.41) is 13.1. The van der Waals surface area contributed by atoms with Gasteiger partial charge in [-0.3, -0.25) is 19.7 Å². The summed E-state index contributed by atoms with van der Waals surface area (Å²) < 4.78 is 0. The van der Waals surface area contributed by atoms with Gasteiger partial charge in [0.05, 0.1) is 4.92 Å². The highest BCUT2D eigenvalue weighted by molar-refractivity contribution is 6.06. The molecule has 110 valence electrons. The van der Waals surface area contributed by atoms with Gasteiger partial charge in [-0.15, -0.1) is 12.8 Å². The zero-order valence-corrected chi connectivity index (χ0v) is 11.6. The molecule has 1 aromatic heterocycles. The fraction of sp³-hybridized carbons (Fsp3) is 0.143. The smallest absolute Gasteiger partial charge is 0.277 e. The van der Waals surface area contributed by atoms with Crippen LogP contribution in [-0.4, -0.2) is 15.8 Å². The van der Waals surface area contributed by atoms with Gasteiger partial charge < -0.3 is 10.3 Å². The molecule has 0 spiro atoms. The van der Waals surface area contributed by atoms with Crippen LogP contribution in [0.5, 0.6) is 0 Å². The van der Waals surface area contributed by atoms with Crippen LogP contribution in [0.25, 0.3) is 0 Å². The molecular weight excluding hydrogens is 274 g/mol. The molecule has 21 heavy (non-hydrogen) atoms. The van der Waals surface area contributed by atoms with Gasteiger partial charge in [0.25, 0.3) is 11.6 Å². The Morgan fingerprint density at radius 3 is 2.43 bits per heavy atom. The number of carbonyl (C=O) groups excluding carboxylic acids is 1. The van der Waals surface area contributed by atoms with Crippen LogP contribution in [0, 0.1) is 23.0 Å². The summed E-state index contributed by atoms with van der Waals surface area (Å²) in [4.78, 5) is 36.2. The summed E-state index contributed by atoms with van der Waals surface area (Å²) in [5.74, 6) is -0.705. The molecule has 1 heterocycles. The van der Waals surface area contributed by atoms with Gasteiger partial charge in [0.1, 0.15) is 11.3 Å². The molecule has 0 aliphatic carbocycles. The average Bonchev–Trinajstić information content (AvgIpc) is 2.48. The van der Waals surface area contributed by atoms with Gasteiger partial charge >= 0.3 is 0 Å². The molecule has 2 N–H and O–H groups in total. The van der Waals surface area contributed by atoms with Crippen LogP contribution in [0.2, 0.25) is 0 Å². The number of nitrogens with zero attached hydrogens (tertiary/aromatic N) is 1. The molecule has 0 aliphatic heterocycles. The number of rotatable bonds is 4. The summed E-state index contributed by atoms with van der Waals surface area (Å²) in [7, 11) is 0. The normalized spacial score (nSPS) is 11.0. The Labute approximate surface area is 121 Å². The summed E-state index contributed by atoms with van der Waals surface area (Å²) in [6, 6.07) is 1.25. The molecular formula is C14H15N3O4. The molecule has 0 fully saturated rings. The zero-order valence-electron chi connectivity index (χ0n) is 11.6. The number of nitro groups is 1. The van der Waals surface area contributed by atoms with Crippen molar-refractivity contribution in [2.24, 2.45) is 0 Å². The number of amides is 1. The first-order chi connectivity index (χ1) is 10.0. The topological polar surface area (TPSA) is 105 Å². The van der Waals surface area contributed by atoms with Crippen molar-refractivity contribution in [2.75, 3.05) is 5.32 Å². The number of hydrogen-bond donors (Lipinski definition) is 2. The van der Waals surface area contributed by atoms with E-state index in [-0.39, 0.29) is 22.4 Å². The van der Waals surface area contributed by atoms with Crippen LogP contribution in [-0.2, 0) is 4.79 Å². The quantitative estimate of drug-likeness (QED) is 0.289. The monoisotopic (exact) mass is 289 g/mol. The third-order valence-corrected chi connectivity index (χ3v) is 2.35. The molecule has 1 rings (SSSR count). The number of terminal acetylenes is 1. The third-order valence-electron chi connectivity index (χ3n) is 2.35. The highest BCUT2D eigenvalue weighted by Gasteiger charge is 2.22. The maximum Gasteiger partial charge on any atom is 0.277 e. The van der Waals surface area contributed by atoms with E-state index in [9.17, 15) is 19.7 Å². The number of aromatic nitrogens is 1. The lowest BCUT2D eigenvalue weighted by Crippen LogP contribution is -2.22. The maximum absolute atomic E-state index is 11.9. The summed E-state index contributed by atoms with van der Waals surface area (Å²) in [6.45, 7) is 2.97. The molecule has 0 aliphatic rings. The van der Waals surface area contributed by atoms with E-state index in [0.29, 0.717) is 0 Å². The van der Waals surface area contributed by atoms with E-state index in [1.165, 1.54) is 44.5 Å². The number of aromatic amines is 1. The van der Waals surface area contributed by atoms with Gasteiger partial charge in [-0.25, -0.2) is 0 Å². The van der Waals surface area contributed by atoms with Gasteiger partial charge in [-0.2, -0.15) is 0 Å². The Kier molecular flexibility index (Phi) is 7.55. The minimum Gasteiger partial charge on any atom is -0.366 e. The predicted octanol–water partition coefficient (Wildman–Crippen LogP) is 1.69. The average molecular weight is 289 g/mol. The number of hydrogen-bond acceptors (Lipinski definition) is 4. The second kappa shape index (κ2) is 8.87. The molecule has 0 aromatic carbocycles. The lowest BCUT2D eigenvalue weighted by Gasteiger charge is -2.05. The summed E-state index contributed by atoms with van der Waals surface area (Å²) >= 11 is 0. The van der Waals surface area contributed by atoms with Crippen molar-refractivity contribution < 1.29 is 9.72 Å². The third kappa shape index (κ3) is 4.80. The number of pyridine rings is 1. The lowest BCUT2D eigenvalue weighted by atomic mass is 10.1. The van der Waals surface area contributed by atoms with Gasteiger partial charge in [0.15, 0.2) is 0 Å². The first kappa shape index (κ1) is 17.9. The SMILES string of the molecule is C#C.C/C=C(C(=O)Nc1c[nH]ccc1=O)\C(=C/C)[N+](=O)[O-]. The number of allylic oxidation sites excluding steroid dienone is 2. The van der Waals surface area contributed by atoms with Crippen molar-refractivity contribution in [2.45, 2.75) is 13.8 Å². The fourth-order valence-corrected chi connectivity index (χ4v) is 1.46. The van der Waals surface area contributed by atoms with Crippen LogP contribution in [0.3, 0.4) is 0 Å². The molecule has 0 bridgehead atoms. The van der Waals surface area contributed by atoms with E-state index in [2.05, 4.69) is 23.1 Å². The number of nitrogens with one attached hydrogen (secondary N) is 2. The minimum absolute atomic E-state index is 0.0330. The number of H-pyrrole nitrogens is 1. The Morgan fingerprint density at radius 2 is 2.00 bits per heavy atom. The largest absolute Gasteiger partial charge is 0.366 e.